The third-order valence-electron chi connectivity index (χ3n) is 4.44. The molecule has 0 fully saturated rings. The van der Waals surface area contributed by atoms with Crippen LogP contribution in [0, 0.1) is 20.8 Å². The van der Waals surface area contributed by atoms with Gasteiger partial charge in [0.05, 0.1) is 7.11 Å². The number of nitrogens with zero attached hydrogens (tertiary/aromatic N) is 2. The van der Waals surface area contributed by atoms with Crippen molar-refractivity contribution >= 4 is 17.5 Å². The van der Waals surface area contributed by atoms with Crippen LogP contribution >= 0.6 is 0 Å². The Morgan fingerprint density at radius 1 is 0.963 bits per heavy atom. The topological polar surface area (TPSA) is 59.1 Å². The summed E-state index contributed by atoms with van der Waals surface area (Å²) in [5, 5.41) is 6.72. The minimum Gasteiger partial charge on any atom is -0.497 e. The first-order valence-corrected chi connectivity index (χ1v) is 9.10. The number of nitrogens with one attached hydrogen (secondary N) is 2. The number of rotatable bonds is 7. The molecule has 5 heteroatoms. The number of anilines is 3. The van der Waals surface area contributed by atoms with Crippen molar-refractivity contribution in [2.24, 2.45) is 0 Å². The zero-order valence-corrected chi connectivity index (χ0v) is 16.3. The summed E-state index contributed by atoms with van der Waals surface area (Å²) in [5.41, 5.74) is 6.02. The molecule has 1 heterocycles. The number of methoxy groups -OCH3 is 1. The lowest BCUT2D eigenvalue weighted by Gasteiger charge is -2.14. The molecule has 0 amide bonds. The van der Waals surface area contributed by atoms with E-state index >= 15 is 0 Å². The smallest absolute Gasteiger partial charge is 0.224 e. The van der Waals surface area contributed by atoms with Gasteiger partial charge in [-0.25, -0.2) is 4.98 Å². The van der Waals surface area contributed by atoms with E-state index in [1.807, 2.05) is 18.2 Å². The predicted octanol–water partition coefficient (Wildman–Crippen LogP) is 4.81. The zero-order chi connectivity index (χ0) is 19.2. The largest absolute Gasteiger partial charge is 0.497 e. The van der Waals surface area contributed by atoms with Crippen LogP contribution in [-0.2, 0) is 6.42 Å². The molecular weight excluding hydrogens is 336 g/mol. The van der Waals surface area contributed by atoms with E-state index in [1.54, 1.807) is 13.3 Å². The number of aromatic nitrogens is 2. The highest BCUT2D eigenvalue weighted by molar-refractivity contribution is 5.65. The van der Waals surface area contributed by atoms with Crippen LogP contribution in [0.3, 0.4) is 0 Å². The van der Waals surface area contributed by atoms with Gasteiger partial charge in [0.15, 0.2) is 0 Å². The lowest BCUT2D eigenvalue weighted by molar-refractivity contribution is 0.414. The number of aryl methyl sites for hydroxylation is 3. The molecule has 140 valence electrons. The fraction of sp³-hybridized carbons (Fsp3) is 0.273. The van der Waals surface area contributed by atoms with Gasteiger partial charge in [-0.1, -0.05) is 29.8 Å². The molecule has 0 aliphatic rings. The zero-order valence-electron chi connectivity index (χ0n) is 16.3. The monoisotopic (exact) mass is 362 g/mol. The van der Waals surface area contributed by atoms with Gasteiger partial charge in [-0.2, -0.15) is 4.98 Å². The van der Waals surface area contributed by atoms with Crippen LogP contribution in [0.4, 0.5) is 17.5 Å². The van der Waals surface area contributed by atoms with E-state index in [2.05, 4.69) is 65.6 Å². The van der Waals surface area contributed by atoms with E-state index in [-0.39, 0.29) is 0 Å². The Morgan fingerprint density at radius 2 is 1.67 bits per heavy atom. The van der Waals surface area contributed by atoms with Gasteiger partial charge in [0, 0.05) is 18.4 Å². The third kappa shape index (κ3) is 4.97. The first-order chi connectivity index (χ1) is 13.0. The van der Waals surface area contributed by atoms with Crippen molar-refractivity contribution in [1.82, 2.24) is 9.97 Å². The van der Waals surface area contributed by atoms with Gasteiger partial charge in [0.2, 0.25) is 5.95 Å². The van der Waals surface area contributed by atoms with Crippen molar-refractivity contribution in [2.45, 2.75) is 27.2 Å². The highest BCUT2D eigenvalue weighted by Gasteiger charge is 2.06. The molecule has 3 aromatic rings. The first-order valence-electron chi connectivity index (χ1n) is 9.10. The number of hydrogen-bond donors (Lipinski definition) is 2. The standard InChI is InChI=1S/C22H26N4O/c1-15-13-16(2)21(17(3)14-15)25-20-10-12-24-22(26-20)23-11-9-18-5-7-19(27-4)8-6-18/h5-8,10,12-14H,9,11H2,1-4H3,(H2,23,24,25,26). The summed E-state index contributed by atoms with van der Waals surface area (Å²) in [5.74, 6) is 2.28. The molecule has 0 spiro atoms. The Kier molecular flexibility index (Phi) is 5.91. The van der Waals surface area contributed by atoms with Gasteiger partial charge in [-0.3, -0.25) is 0 Å². The Bertz CT molecular complexity index is 883. The van der Waals surface area contributed by atoms with Crippen molar-refractivity contribution in [3.63, 3.8) is 0 Å². The maximum atomic E-state index is 5.19. The van der Waals surface area contributed by atoms with Gasteiger partial charge in [-0.15, -0.1) is 0 Å². The lowest BCUT2D eigenvalue weighted by atomic mass is 10.1. The molecule has 0 atom stereocenters. The highest BCUT2D eigenvalue weighted by atomic mass is 16.5. The molecular formula is C22H26N4O. The van der Waals surface area contributed by atoms with Crippen molar-refractivity contribution in [2.75, 3.05) is 24.3 Å². The van der Waals surface area contributed by atoms with Crippen molar-refractivity contribution in [1.29, 1.82) is 0 Å². The van der Waals surface area contributed by atoms with E-state index in [9.17, 15) is 0 Å². The second kappa shape index (κ2) is 8.54. The summed E-state index contributed by atoms with van der Waals surface area (Å²) in [6.07, 6.45) is 2.66. The minimum atomic E-state index is 0.621. The summed E-state index contributed by atoms with van der Waals surface area (Å²) < 4.78 is 5.19. The van der Waals surface area contributed by atoms with Crippen LogP contribution in [0.15, 0.2) is 48.7 Å². The average Bonchev–Trinajstić information content (AvgIpc) is 2.65. The van der Waals surface area contributed by atoms with Crippen LogP contribution in [0.25, 0.3) is 0 Å². The maximum absolute atomic E-state index is 5.19. The summed E-state index contributed by atoms with van der Waals surface area (Å²) >= 11 is 0. The van der Waals surface area contributed by atoms with Crippen LogP contribution in [-0.4, -0.2) is 23.6 Å². The van der Waals surface area contributed by atoms with E-state index in [4.69, 9.17) is 4.74 Å². The predicted molar refractivity (Wildman–Crippen MR) is 111 cm³/mol. The minimum absolute atomic E-state index is 0.621. The van der Waals surface area contributed by atoms with Crippen LogP contribution in [0.5, 0.6) is 5.75 Å². The second-order valence-corrected chi connectivity index (χ2v) is 6.69. The summed E-state index contributed by atoms with van der Waals surface area (Å²) in [7, 11) is 1.68. The molecule has 0 bridgehead atoms. The molecule has 0 unspecified atom stereocenters. The van der Waals surface area contributed by atoms with E-state index in [0.29, 0.717) is 5.95 Å². The average molecular weight is 362 g/mol. The Hall–Kier alpha value is -3.08. The molecule has 27 heavy (non-hydrogen) atoms. The van der Waals surface area contributed by atoms with Gasteiger partial charge in [0.1, 0.15) is 11.6 Å². The Balaban J connectivity index is 1.62. The molecule has 0 aliphatic heterocycles. The molecule has 1 aromatic heterocycles. The first kappa shape index (κ1) is 18.7. The van der Waals surface area contributed by atoms with Crippen LogP contribution in [0.2, 0.25) is 0 Å². The Morgan fingerprint density at radius 3 is 2.33 bits per heavy atom. The van der Waals surface area contributed by atoms with Gasteiger partial charge >= 0.3 is 0 Å². The molecule has 2 N–H and O–H groups in total. The summed E-state index contributed by atoms with van der Waals surface area (Å²) in [6.45, 7) is 7.09. The molecule has 0 saturated heterocycles. The molecule has 5 nitrogen and oxygen atoms in total. The third-order valence-corrected chi connectivity index (χ3v) is 4.44. The van der Waals surface area contributed by atoms with Crippen molar-refractivity contribution < 1.29 is 4.74 Å². The molecule has 3 rings (SSSR count). The Labute approximate surface area is 160 Å². The van der Waals surface area contributed by atoms with E-state index < -0.39 is 0 Å². The maximum Gasteiger partial charge on any atom is 0.224 e. The quantitative estimate of drug-likeness (QED) is 0.632. The normalized spacial score (nSPS) is 10.5. The van der Waals surface area contributed by atoms with Crippen LogP contribution < -0.4 is 15.4 Å². The fourth-order valence-electron chi connectivity index (χ4n) is 3.13. The summed E-state index contributed by atoms with van der Waals surface area (Å²) in [6, 6.07) is 14.3. The molecule has 0 saturated carbocycles. The second-order valence-electron chi connectivity index (χ2n) is 6.69. The molecule has 0 aliphatic carbocycles. The highest BCUT2D eigenvalue weighted by Crippen LogP contribution is 2.25. The number of hydrogen-bond acceptors (Lipinski definition) is 5. The van der Waals surface area contributed by atoms with Gasteiger partial charge < -0.3 is 15.4 Å². The van der Waals surface area contributed by atoms with E-state index in [0.717, 1.165) is 30.2 Å². The molecule has 0 radical (unpaired) electrons. The van der Waals surface area contributed by atoms with Gasteiger partial charge in [-0.05, 0) is 62.1 Å². The number of ether oxygens (including phenoxy) is 1. The summed E-state index contributed by atoms with van der Waals surface area (Å²) in [4.78, 5) is 8.89. The lowest BCUT2D eigenvalue weighted by Crippen LogP contribution is -2.09. The number of benzene rings is 2. The SMILES string of the molecule is COc1ccc(CCNc2nccc(Nc3c(C)cc(C)cc3C)n2)cc1. The van der Waals surface area contributed by atoms with Crippen molar-refractivity contribution in [3.8, 4) is 5.75 Å². The van der Waals surface area contributed by atoms with E-state index in [1.165, 1.54) is 22.3 Å². The fourth-order valence-corrected chi connectivity index (χ4v) is 3.13. The van der Waals surface area contributed by atoms with Gasteiger partial charge in [0.25, 0.3) is 0 Å². The molecule has 2 aromatic carbocycles. The van der Waals surface area contributed by atoms with Crippen molar-refractivity contribution in [3.05, 3.63) is 70.9 Å². The van der Waals surface area contributed by atoms with Crippen LogP contribution in [0.1, 0.15) is 22.3 Å².